The number of hydrogen-bond acceptors (Lipinski definition) is 1. The highest BCUT2D eigenvalue weighted by molar-refractivity contribution is 6.17. The molecule has 0 aliphatic carbocycles. The molecule has 1 nitrogen and oxygen atoms in total. The summed E-state index contributed by atoms with van der Waals surface area (Å²) < 4.78 is 34.2. The first-order valence-corrected chi connectivity index (χ1v) is 3.43. The number of hydrogen-bond donors (Lipinski definition) is 1. The molecule has 0 atom stereocenters. The molecule has 0 aromatic carbocycles. The summed E-state index contributed by atoms with van der Waals surface area (Å²) in [6.07, 6.45) is -3.54. The van der Waals surface area contributed by atoms with Crippen LogP contribution in [0.5, 0.6) is 0 Å². The van der Waals surface area contributed by atoms with Crippen molar-refractivity contribution in [2.45, 2.75) is 12.6 Å². The average Bonchev–Trinajstić information content (AvgIpc) is 1.78. The van der Waals surface area contributed by atoms with E-state index in [9.17, 15) is 13.2 Å². The maximum atomic E-state index is 11.4. The van der Waals surface area contributed by atoms with Crippen molar-refractivity contribution in [3.8, 4) is 0 Å². The lowest BCUT2D eigenvalue weighted by atomic mass is 10.5. The van der Waals surface area contributed by atoms with E-state index in [1.807, 2.05) is 0 Å². The summed E-state index contributed by atoms with van der Waals surface area (Å²) in [4.78, 5) is 0. The van der Waals surface area contributed by atoms with E-state index in [4.69, 9.17) is 11.6 Å². The predicted molar refractivity (Wildman–Crippen MR) is 34.3 cm³/mol. The van der Waals surface area contributed by atoms with Crippen molar-refractivity contribution >= 4 is 11.6 Å². The lowest BCUT2D eigenvalue weighted by Gasteiger charge is -2.06. The van der Waals surface area contributed by atoms with Gasteiger partial charge < -0.3 is 5.32 Å². The summed E-state index contributed by atoms with van der Waals surface area (Å²) in [6.45, 7) is -0.604. The highest BCUT2D eigenvalue weighted by Crippen LogP contribution is 2.11. The molecule has 0 unspecified atom stereocenters. The molecule has 62 valence electrons. The molecule has 0 bridgehead atoms. The van der Waals surface area contributed by atoms with Gasteiger partial charge in [0.1, 0.15) is 0 Å². The molecule has 0 fully saturated rings. The normalized spacial score (nSPS) is 12.0. The van der Waals surface area contributed by atoms with Gasteiger partial charge in [-0.15, -0.1) is 11.6 Å². The van der Waals surface area contributed by atoms with Crippen molar-refractivity contribution < 1.29 is 13.2 Å². The fraction of sp³-hybridized carbons (Fsp3) is 1.00. The largest absolute Gasteiger partial charge is 0.401 e. The molecule has 0 saturated heterocycles. The van der Waals surface area contributed by atoms with E-state index < -0.39 is 12.7 Å². The molecule has 0 aliphatic heterocycles. The Morgan fingerprint density at radius 3 is 2.30 bits per heavy atom. The van der Waals surface area contributed by atoms with Gasteiger partial charge in [0, 0.05) is 5.88 Å². The zero-order valence-corrected chi connectivity index (χ0v) is 6.10. The first kappa shape index (κ1) is 10.0. The Hall–Kier alpha value is 0.0400. The molecule has 5 heteroatoms. The van der Waals surface area contributed by atoms with Gasteiger partial charge in [-0.05, 0) is 13.0 Å². The van der Waals surface area contributed by atoms with Crippen LogP contribution in [-0.2, 0) is 0 Å². The molecule has 0 radical (unpaired) electrons. The lowest BCUT2D eigenvalue weighted by Crippen LogP contribution is -2.29. The third-order valence-electron chi connectivity index (χ3n) is 0.813. The van der Waals surface area contributed by atoms with Crippen molar-refractivity contribution in [2.75, 3.05) is 19.0 Å². The van der Waals surface area contributed by atoms with Crippen LogP contribution in [0.4, 0.5) is 13.2 Å². The standard InChI is InChI=1S/C5H9ClF3N/c6-2-1-3-10-4-5(7,8)9/h10H,1-4H2. The van der Waals surface area contributed by atoms with E-state index in [0.717, 1.165) is 0 Å². The summed E-state index contributed by atoms with van der Waals surface area (Å²) >= 11 is 5.23. The number of alkyl halides is 4. The lowest BCUT2D eigenvalue weighted by molar-refractivity contribution is -0.124. The van der Waals surface area contributed by atoms with Crippen LogP contribution in [-0.4, -0.2) is 25.1 Å². The topological polar surface area (TPSA) is 12.0 Å². The Morgan fingerprint density at radius 1 is 1.30 bits per heavy atom. The molecule has 0 heterocycles. The Balaban J connectivity index is 3.04. The average molecular weight is 176 g/mol. The van der Waals surface area contributed by atoms with E-state index >= 15 is 0 Å². The van der Waals surface area contributed by atoms with Crippen LogP contribution in [0, 0.1) is 0 Å². The van der Waals surface area contributed by atoms with E-state index in [-0.39, 0.29) is 0 Å². The maximum Gasteiger partial charge on any atom is 0.401 e. The van der Waals surface area contributed by atoms with E-state index in [0.29, 0.717) is 18.8 Å². The second kappa shape index (κ2) is 4.79. The highest BCUT2D eigenvalue weighted by Gasteiger charge is 2.25. The Morgan fingerprint density at radius 2 is 1.90 bits per heavy atom. The Labute approximate surface area is 62.5 Å². The van der Waals surface area contributed by atoms with Gasteiger partial charge in [0.05, 0.1) is 6.54 Å². The molecule has 0 aromatic heterocycles. The second-order valence-corrected chi connectivity index (χ2v) is 2.21. The van der Waals surface area contributed by atoms with Crippen LogP contribution in [0.2, 0.25) is 0 Å². The maximum absolute atomic E-state index is 11.4. The van der Waals surface area contributed by atoms with Gasteiger partial charge in [-0.1, -0.05) is 0 Å². The first-order chi connectivity index (χ1) is 4.56. The van der Waals surface area contributed by atoms with Gasteiger partial charge in [-0.2, -0.15) is 13.2 Å². The first-order valence-electron chi connectivity index (χ1n) is 2.89. The molecule has 0 spiro atoms. The Kier molecular flexibility index (Phi) is 4.81. The van der Waals surface area contributed by atoms with Gasteiger partial charge in [0.2, 0.25) is 0 Å². The van der Waals surface area contributed by atoms with Crippen LogP contribution in [0.25, 0.3) is 0 Å². The van der Waals surface area contributed by atoms with Crippen LogP contribution in [0.3, 0.4) is 0 Å². The zero-order valence-electron chi connectivity index (χ0n) is 5.34. The van der Waals surface area contributed by atoms with Crippen molar-refractivity contribution in [1.29, 1.82) is 0 Å². The fourth-order valence-electron chi connectivity index (χ4n) is 0.422. The smallest absolute Gasteiger partial charge is 0.309 e. The third kappa shape index (κ3) is 8.04. The minimum atomic E-state index is -4.10. The summed E-state index contributed by atoms with van der Waals surface area (Å²) in [5.74, 6) is 0.394. The van der Waals surface area contributed by atoms with Gasteiger partial charge in [-0.3, -0.25) is 0 Å². The minimum Gasteiger partial charge on any atom is -0.309 e. The van der Waals surface area contributed by atoms with Gasteiger partial charge in [-0.25, -0.2) is 0 Å². The van der Waals surface area contributed by atoms with Crippen LogP contribution in [0.1, 0.15) is 6.42 Å². The quantitative estimate of drug-likeness (QED) is 0.507. The third-order valence-corrected chi connectivity index (χ3v) is 1.08. The van der Waals surface area contributed by atoms with Gasteiger partial charge in [0.25, 0.3) is 0 Å². The van der Waals surface area contributed by atoms with Crippen molar-refractivity contribution in [1.82, 2.24) is 5.32 Å². The summed E-state index contributed by atoms with van der Waals surface area (Å²) in [7, 11) is 0. The molecule has 0 aromatic rings. The molecule has 10 heavy (non-hydrogen) atoms. The zero-order chi connectivity index (χ0) is 8.04. The van der Waals surface area contributed by atoms with Gasteiger partial charge >= 0.3 is 6.18 Å². The second-order valence-electron chi connectivity index (χ2n) is 1.83. The predicted octanol–water partition coefficient (Wildman–Crippen LogP) is 1.77. The SMILES string of the molecule is FC(F)(F)CNCCCCl. The minimum absolute atomic E-state index is 0.322. The fourth-order valence-corrected chi connectivity index (χ4v) is 0.556. The number of halogens is 4. The number of nitrogens with one attached hydrogen (secondary N) is 1. The monoisotopic (exact) mass is 175 g/mol. The van der Waals surface area contributed by atoms with E-state index in [2.05, 4.69) is 5.32 Å². The summed E-state index contributed by atoms with van der Waals surface area (Å²) in [5, 5.41) is 2.22. The van der Waals surface area contributed by atoms with Crippen LogP contribution >= 0.6 is 11.6 Å². The molecule has 0 rings (SSSR count). The van der Waals surface area contributed by atoms with Crippen molar-refractivity contribution in [3.05, 3.63) is 0 Å². The van der Waals surface area contributed by atoms with Crippen LogP contribution in [0.15, 0.2) is 0 Å². The summed E-state index contributed by atoms with van der Waals surface area (Å²) in [5.41, 5.74) is 0. The molecule has 0 saturated carbocycles. The van der Waals surface area contributed by atoms with Crippen molar-refractivity contribution in [3.63, 3.8) is 0 Å². The molecular weight excluding hydrogens is 167 g/mol. The molecule has 0 aliphatic rings. The van der Waals surface area contributed by atoms with Gasteiger partial charge in [0.15, 0.2) is 0 Å². The molecular formula is C5H9ClF3N. The van der Waals surface area contributed by atoms with Crippen LogP contribution < -0.4 is 5.32 Å². The summed E-state index contributed by atoms with van der Waals surface area (Å²) in [6, 6.07) is 0. The molecule has 1 N–H and O–H groups in total. The molecule has 0 amide bonds. The Bertz CT molecular complexity index is 83.5. The van der Waals surface area contributed by atoms with E-state index in [1.54, 1.807) is 0 Å². The number of rotatable bonds is 4. The highest BCUT2D eigenvalue weighted by atomic mass is 35.5. The van der Waals surface area contributed by atoms with Crippen molar-refractivity contribution in [2.24, 2.45) is 0 Å². The van der Waals surface area contributed by atoms with E-state index in [1.165, 1.54) is 0 Å².